The third-order valence-electron chi connectivity index (χ3n) is 1.65. The number of aromatic nitrogens is 1. The average molecular weight is 202 g/mol. The number of aliphatic hydroxyl groups excluding tert-OH is 1. The van der Waals surface area contributed by atoms with E-state index in [4.69, 9.17) is 10.4 Å². The Balaban J connectivity index is 3.45. The Bertz CT molecular complexity index is 387. The van der Waals surface area contributed by atoms with E-state index in [1.165, 1.54) is 6.07 Å². The minimum atomic E-state index is -3.12. The summed E-state index contributed by atoms with van der Waals surface area (Å²) in [6, 6.07) is 1.42. The average Bonchev–Trinajstić information content (AvgIpc) is 2.16. The Morgan fingerprint density at radius 2 is 2.21 bits per heavy atom. The minimum Gasteiger partial charge on any atom is -0.392 e. The van der Waals surface area contributed by atoms with Gasteiger partial charge in [-0.1, -0.05) is 0 Å². The van der Waals surface area contributed by atoms with E-state index in [0.29, 0.717) is 0 Å². The molecule has 14 heavy (non-hydrogen) atoms. The number of rotatable bonds is 2. The molecule has 1 heterocycles. The smallest absolute Gasteiger partial charge is 0.269 e. The van der Waals surface area contributed by atoms with Gasteiger partial charge in [-0.2, -0.15) is 9.65 Å². The zero-order valence-corrected chi connectivity index (χ0v) is 6.84. The van der Waals surface area contributed by atoms with Crippen molar-refractivity contribution in [3.8, 4) is 6.07 Å². The number of halogens is 3. The number of hydrogen-bond acceptors (Lipinski definition) is 3. The van der Waals surface area contributed by atoms with E-state index in [1.807, 2.05) is 0 Å². The van der Waals surface area contributed by atoms with Crippen molar-refractivity contribution in [1.82, 2.24) is 4.98 Å². The molecule has 0 amide bonds. The van der Waals surface area contributed by atoms with E-state index in [9.17, 15) is 13.2 Å². The number of nitrogens with zero attached hydrogens (tertiary/aromatic N) is 2. The summed E-state index contributed by atoms with van der Waals surface area (Å²) in [4.78, 5) is 3.02. The standard InChI is InChI=1S/C8H5F3N2O/c9-7(10)6-5(1-12)4(3-14)2-13-8(6)11/h2,7,14H,3H2. The van der Waals surface area contributed by atoms with Gasteiger partial charge in [0, 0.05) is 11.8 Å². The third-order valence-corrected chi connectivity index (χ3v) is 1.65. The van der Waals surface area contributed by atoms with Gasteiger partial charge in [0.1, 0.15) is 6.07 Å². The molecule has 0 aliphatic rings. The van der Waals surface area contributed by atoms with Crippen molar-refractivity contribution in [3.63, 3.8) is 0 Å². The fraction of sp³-hybridized carbons (Fsp3) is 0.250. The predicted molar refractivity (Wildman–Crippen MR) is 39.8 cm³/mol. The lowest BCUT2D eigenvalue weighted by molar-refractivity contribution is 0.144. The molecule has 0 spiro atoms. The van der Waals surface area contributed by atoms with E-state index in [1.54, 1.807) is 0 Å². The van der Waals surface area contributed by atoms with Gasteiger partial charge in [0.15, 0.2) is 0 Å². The second-order valence-corrected chi connectivity index (χ2v) is 2.43. The molecule has 1 aromatic rings. The highest BCUT2D eigenvalue weighted by atomic mass is 19.3. The SMILES string of the molecule is N#Cc1c(CO)cnc(F)c1C(F)F. The Morgan fingerprint density at radius 1 is 1.57 bits per heavy atom. The molecule has 0 saturated carbocycles. The van der Waals surface area contributed by atoms with Crippen LogP contribution in [-0.2, 0) is 6.61 Å². The Kier molecular flexibility index (Phi) is 3.04. The Labute approximate surface area is 77.4 Å². The maximum absolute atomic E-state index is 12.8. The molecule has 0 unspecified atom stereocenters. The van der Waals surface area contributed by atoms with Crippen LogP contribution < -0.4 is 0 Å². The fourth-order valence-corrected chi connectivity index (χ4v) is 0.996. The number of pyridine rings is 1. The van der Waals surface area contributed by atoms with Crippen LogP contribution in [0, 0.1) is 17.3 Å². The molecule has 1 N–H and O–H groups in total. The van der Waals surface area contributed by atoms with E-state index in [0.717, 1.165) is 6.20 Å². The molecular formula is C8H5F3N2O. The number of alkyl halides is 2. The molecule has 1 aromatic heterocycles. The molecule has 0 aliphatic carbocycles. The number of hydrogen-bond donors (Lipinski definition) is 1. The summed E-state index contributed by atoms with van der Waals surface area (Å²) >= 11 is 0. The zero-order valence-electron chi connectivity index (χ0n) is 6.84. The van der Waals surface area contributed by atoms with Crippen LogP contribution >= 0.6 is 0 Å². The second kappa shape index (κ2) is 4.07. The number of nitriles is 1. The largest absolute Gasteiger partial charge is 0.392 e. The molecule has 74 valence electrons. The molecule has 3 nitrogen and oxygen atoms in total. The normalized spacial score (nSPS) is 10.3. The fourth-order valence-electron chi connectivity index (χ4n) is 0.996. The summed E-state index contributed by atoms with van der Waals surface area (Å²) in [6.07, 6.45) is -2.26. The summed E-state index contributed by atoms with van der Waals surface area (Å²) < 4.78 is 37.3. The highest BCUT2D eigenvalue weighted by molar-refractivity contribution is 5.43. The summed E-state index contributed by atoms with van der Waals surface area (Å²) in [5, 5.41) is 17.2. The third kappa shape index (κ3) is 1.67. The van der Waals surface area contributed by atoms with Crippen molar-refractivity contribution in [1.29, 1.82) is 5.26 Å². The Hall–Kier alpha value is -1.61. The van der Waals surface area contributed by atoms with E-state index < -0.39 is 30.1 Å². The first-order chi connectivity index (χ1) is 6.61. The topological polar surface area (TPSA) is 56.9 Å². The Morgan fingerprint density at radius 3 is 2.64 bits per heavy atom. The summed E-state index contributed by atoms with van der Waals surface area (Å²) in [6.45, 7) is -0.629. The first kappa shape index (κ1) is 10.5. The molecule has 0 radical (unpaired) electrons. The molecule has 6 heteroatoms. The molecule has 0 atom stereocenters. The minimum absolute atomic E-state index is 0.107. The summed E-state index contributed by atoms with van der Waals surface area (Å²) in [5.41, 5.74) is -1.71. The summed E-state index contributed by atoms with van der Waals surface area (Å²) in [7, 11) is 0. The molecule has 0 aromatic carbocycles. The van der Waals surface area contributed by atoms with Gasteiger partial charge in [0.25, 0.3) is 6.43 Å². The summed E-state index contributed by atoms with van der Waals surface area (Å²) in [5.74, 6) is -1.38. The van der Waals surface area contributed by atoms with Crippen molar-refractivity contribution in [3.05, 3.63) is 28.8 Å². The van der Waals surface area contributed by atoms with Crippen LogP contribution in [0.5, 0.6) is 0 Å². The molecule has 0 saturated heterocycles. The van der Waals surface area contributed by atoms with Crippen LogP contribution in [0.2, 0.25) is 0 Å². The molecule has 0 aliphatic heterocycles. The zero-order chi connectivity index (χ0) is 10.7. The van der Waals surface area contributed by atoms with E-state index in [-0.39, 0.29) is 5.56 Å². The van der Waals surface area contributed by atoms with Crippen LogP contribution in [0.3, 0.4) is 0 Å². The quantitative estimate of drug-likeness (QED) is 0.739. The first-order valence-corrected chi connectivity index (χ1v) is 3.58. The maximum Gasteiger partial charge on any atom is 0.269 e. The second-order valence-electron chi connectivity index (χ2n) is 2.43. The van der Waals surface area contributed by atoms with Gasteiger partial charge >= 0.3 is 0 Å². The van der Waals surface area contributed by atoms with Gasteiger partial charge < -0.3 is 5.11 Å². The van der Waals surface area contributed by atoms with Crippen LogP contribution in [-0.4, -0.2) is 10.1 Å². The van der Waals surface area contributed by atoms with Crippen LogP contribution in [0.4, 0.5) is 13.2 Å². The molecule has 0 bridgehead atoms. The number of aliphatic hydroxyl groups is 1. The van der Waals surface area contributed by atoms with Crippen molar-refractivity contribution in [2.24, 2.45) is 0 Å². The van der Waals surface area contributed by atoms with Crippen LogP contribution in [0.15, 0.2) is 6.20 Å². The van der Waals surface area contributed by atoms with Gasteiger partial charge in [-0.3, -0.25) is 0 Å². The monoisotopic (exact) mass is 202 g/mol. The molecule has 1 rings (SSSR count). The van der Waals surface area contributed by atoms with Gasteiger partial charge in [-0.05, 0) is 0 Å². The lowest BCUT2D eigenvalue weighted by Gasteiger charge is -2.06. The van der Waals surface area contributed by atoms with E-state index in [2.05, 4.69) is 4.98 Å². The predicted octanol–water partition coefficient (Wildman–Crippen LogP) is 1.52. The highest BCUT2D eigenvalue weighted by Crippen LogP contribution is 2.26. The maximum atomic E-state index is 12.8. The lowest BCUT2D eigenvalue weighted by Crippen LogP contribution is -2.03. The van der Waals surface area contributed by atoms with Crippen LogP contribution in [0.25, 0.3) is 0 Å². The molecular weight excluding hydrogens is 197 g/mol. The van der Waals surface area contributed by atoms with E-state index >= 15 is 0 Å². The first-order valence-electron chi connectivity index (χ1n) is 3.58. The van der Waals surface area contributed by atoms with Crippen molar-refractivity contribution >= 4 is 0 Å². The molecule has 0 fully saturated rings. The van der Waals surface area contributed by atoms with Crippen molar-refractivity contribution < 1.29 is 18.3 Å². The van der Waals surface area contributed by atoms with Crippen molar-refractivity contribution in [2.75, 3.05) is 0 Å². The lowest BCUT2D eigenvalue weighted by atomic mass is 10.1. The van der Waals surface area contributed by atoms with Gasteiger partial charge in [-0.15, -0.1) is 0 Å². The van der Waals surface area contributed by atoms with Crippen molar-refractivity contribution in [2.45, 2.75) is 13.0 Å². The highest BCUT2D eigenvalue weighted by Gasteiger charge is 2.22. The van der Waals surface area contributed by atoms with Crippen LogP contribution in [0.1, 0.15) is 23.1 Å². The van der Waals surface area contributed by atoms with Gasteiger partial charge in [-0.25, -0.2) is 13.8 Å². The van der Waals surface area contributed by atoms with Gasteiger partial charge in [0.05, 0.1) is 17.7 Å². The van der Waals surface area contributed by atoms with Gasteiger partial charge in [0.2, 0.25) is 5.95 Å².